The number of fused-ring (bicyclic) bond motifs is 1. The highest BCUT2D eigenvalue weighted by Gasteiger charge is 2.19. The summed E-state index contributed by atoms with van der Waals surface area (Å²) in [7, 11) is 0. The van der Waals surface area contributed by atoms with Crippen LogP contribution in [0.15, 0.2) is 59.4 Å². The molecule has 0 unspecified atom stereocenters. The van der Waals surface area contributed by atoms with Gasteiger partial charge in [0.05, 0.1) is 17.6 Å². The van der Waals surface area contributed by atoms with Crippen LogP contribution in [-0.4, -0.2) is 16.5 Å². The van der Waals surface area contributed by atoms with Gasteiger partial charge in [-0.1, -0.05) is 80.1 Å². The van der Waals surface area contributed by atoms with Crippen LogP contribution in [0.2, 0.25) is 0 Å². The number of hydrogen-bond donors (Lipinski definition) is 1. The first-order chi connectivity index (χ1) is 14.6. The van der Waals surface area contributed by atoms with Crippen LogP contribution in [0.1, 0.15) is 66.4 Å². The van der Waals surface area contributed by atoms with Crippen molar-refractivity contribution in [3.63, 3.8) is 0 Å². The van der Waals surface area contributed by atoms with Gasteiger partial charge in [0.1, 0.15) is 0 Å². The molecule has 0 radical (unpaired) electrons. The fourth-order valence-electron chi connectivity index (χ4n) is 4.54. The quantitative estimate of drug-likeness (QED) is 0.652. The van der Waals surface area contributed by atoms with Gasteiger partial charge in [-0.2, -0.15) is 0 Å². The van der Waals surface area contributed by atoms with Gasteiger partial charge in [-0.05, 0) is 31.4 Å². The predicted octanol–water partition coefficient (Wildman–Crippen LogP) is 5.20. The molecule has 1 heterocycles. The molecule has 1 amide bonds. The summed E-state index contributed by atoms with van der Waals surface area (Å²) >= 11 is 0. The molecule has 4 heteroatoms. The first-order valence-electron chi connectivity index (χ1n) is 11.1. The second-order valence-electron chi connectivity index (χ2n) is 8.50. The smallest absolute Gasteiger partial charge is 0.252 e. The lowest BCUT2D eigenvalue weighted by atomic mass is 9.96. The Morgan fingerprint density at radius 2 is 1.70 bits per heavy atom. The van der Waals surface area contributed by atoms with E-state index in [1.54, 1.807) is 4.57 Å². The maximum atomic E-state index is 13.1. The molecule has 156 valence electrons. The molecule has 0 spiro atoms. The monoisotopic (exact) mass is 402 g/mol. The van der Waals surface area contributed by atoms with E-state index in [0.717, 1.165) is 42.1 Å². The van der Waals surface area contributed by atoms with E-state index in [9.17, 15) is 9.59 Å². The summed E-state index contributed by atoms with van der Waals surface area (Å²) in [5.41, 5.74) is 3.39. The van der Waals surface area contributed by atoms with E-state index in [-0.39, 0.29) is 17.5 Å². The number of pyridine rings is 1. The molecule has 0 saturated heterocycles. The second-order valence-corrected chi connectivity index (χ2v) is 8.50. The number of carbonyl (C=O) groups excluding carboxylic acids is 1. The van der Waals surface area contributed by atoms with E-state index in [0.29, 0.717) is 12.1 Å². The molecule has 1 saturated carbocycles. The summed E-state index contributed by atoms with van der Waals surface area (Å²) in [6.45, 7) is 2.54. The molecule has 2 aromatic carbocycles. The van der Waals surface area contributed by atoms with E-state index < -0.39 is 0 Å². The molecular formula is C26H30N2O2. The number of aryl methyl sites for hydroxylation is 1. The minimum Gasteiger partial charge on any atom is -0.349 e. The number of carbonyl (C=O) groups is 1. The van der Waals surface area contributed by atoms with Crippen molar-refractivity contribution in [2.75, 3.05) is 0 Å². The van der Waals surface area contributed by atoms with E-state index in [1.165, 1.54) is 30.9 Å². The Morgan fingerprint density at radius 3 is 2.47 bits per heavy atom. The van der Waals surface area contributed by atoms with Crippen LogP contribution in [0, 0.1) is 6.92 Å². The minimum atomic E-state index is -0.141. The fraction of sp³-hybridized carbons (Fsp3) is 0.385. The zero-order valence-electron chi connectivity index (χ0n) is 17.7. The van der Waals surface area contributed by atoms with Gasteiger partial charge in [0, 0.05) is 17.5 Å². The predicted molar refractivity (Wildman–Crippen MR) is 122 cm³/mol. The van der Waals surface area contributed by atoms with Gasteiger partial charge >= 0.3 is 0 Å². The first kappa shape index (κ1) is 20.4. The van der Waals surface area contributed by atoms with Crippen LogP contribution >= 0.6 is 0 Å². The topological polar surface area (TPSA) is 51.1 Å². The standard InChI is InChI=1S/C26H30N2O2/c1-19-10-9-11-20(16-19)18-28-24-15-8-7-14-22(24)23(17-25(28)29)26(30)27-21-12-5-3-2-4-6-13-21/h7-11,14-17,21H,2-6,12-13,18H2,1H3,(H,27,30). The van der Waals surface area contributed by atoms with E-state index in [2.05, 4.69) is 11.4 Å². The SMILES string of the molecule is Cc1cccc(Cn2c(=O)cc(C(=O)NC3CCCCCCC3)c3ccccc32)c1. The molecule has 0 aliphatic heterocycles. The highest BCUT2D eigenvalue weighted by atomic mass is 16.2. The van der Waals surface area contributed by atoms with Gasteiger partial charge < -0.3 is 9.88 Å². The van der Waals surface area contributed by atoms with E-state index >= 15 is 0 Å². The van der Waals surface area contributed by atoms with Gasteiger partial charge in [0.15, 0.2) is 0 Å². The first-order valence-corrected chi connectivity index (χ1v) is 11.1. The highest BCUT2D eigenvalue weighted by Crippen LogP contribution is 2.21. The summed E-state index contributed by atoms with van der Waals surface area (Å²) < 4.78 is 1.76. The lowest BCUT2D eigenvalue weighted by molar-refractivity contribution is 0.0932. The van der Waals surface area contributed by atoms with Gasteiger partial charge in [-0.15, -0.1) is 0 Å². The van der Waals surface area contributed by atoms with Crippen LogP contribution in [0.4, 0.5) is 0 Å². The molecule has 1 aliphatic rings. The number of nitrogens with one attached hydrogen (secondary N) is 1. The number of benzene rings is 2. The average molecular weight is 403 g/mol. The van der Waals surface area contributed by atoms with Crippen LogP contribution in [0.25, 0.3) is 10.9 Å². The van der Waals surface area contributed by atoms with Crippen molar-refractivity contribution in [3.8, 4) is 0 Å². The normalized spacial score (nSPS) is 15.5. The fourth-order valence-corrected chi connectivity index (χ4v) is 4.54. The van der Waals surface area contributed by atoms with Crippen molar-refractivity contribution in [2.45, 2.75) is 64.5 Å². The number of hydrogen-bond acceptors (Lipinski definition) is 2. The Hall–Kier alpha value is -2.88. The molecule has 1 aromatic heterocycles. The molecule has 30 heavy (non-hydrogen) atoms. The molecule has 0 bridgehead atoms. The van der Waals surface area contributed by atoms with Crippen molar-refractivity contribution < 1.29 is 4.79 Å². The highest BCUT2D eigenvalue weighted by molar-refractivity contribution is 6.06. The largest absolute Gasteiger partial charge is 0.349 e. The molecule has 1 N–H and O–H groups in total. The third-order valence-electron chi connectivity index (χ3n) is 6.13. The van der Waals surface area contributed by atoms with Crippen molar-refractivity contribution in [1.82, 2.24) is 9.88 Å². The molecular weight excluding hydrogens is 372 g/mol. The minimum absolute atomic E-state index is 0.128. The molecule has 3 aromatic rings. The van der Waals surface area contributed by atoms with Crippen molar-refractivity contribution in [3.05, 3.63) is 81.6 Å². The lowest BCUT2D eigenvalue weighted by Crippen LogP contribution is -2.36. The maximum Gasteiger partial charge on any atom is 0.252 e. The number of amides is 1. The summed E-state index contributed by atoms with van der Waals surface area (Å²) in [5, 5.41) is 4.04. The van der Waals surface area contributed by atoms with Crippen LogP contribution in [0.3, 0.4) is 0 Å². The van der Waals surface area contributed by atoms with Crippen LogP contribution in [-0.2, 0) is 6.54 Å². The number of rotatable bonds is 4. The molecule has 4 nitrogen and oxygen atoms in total. The Morgan fingerprint density at radius 1 is 0.967 bits per heavy atom. The van der Waals surface area contributed by atoms with Crippen molar-refractivity contribution in [2.24, 2.45) is 0 Å². The Balaban J connectivity index is 1.66. The van der Waals surface area contributed by atoms with Gasteiger partial charge in [-0.25, -0.2) is 0 Å². The zero-order chi connectivity index (χ0) is 20.9. The Bertz CT molecular complexity index is 1090. The maximum absolute atomic E-state index is 13.1. The number of nitrogens with zero attached hydrogens (tertiary/aromatic N) is 1. The van der Waals surface area contributed by atoms with Crippen molar-refractivity contribution >= 4 is 16.8 Å². The molecule has 0 atom stereocenters. The third kappa shape index (κ3) is 4.64. The summed E-state index contributed by atoms with van der Waals surface area (Å²) in [4.78, 5) is 26.2. The summed E-state index contributed by atoms with van der Waals surface area (Å²) in [5.74, 6) is -0.128. The summed E-state index contributed by atoms with van der Waals surface area (Å²) in [6.07, 6.45) is 8.13. The Labute approximate surface area is 177 Å². The van der Waals surface area contributed by atoms with E-state index in [1.807, 2.05) is 49.4 Å². The Kier molecular flexibility index (Phi) is 6.32. The number of aromatic nitrogens is 1. The zero-order valence-corrected chi connectivity index (χ0v) is 17.7. The number of para-hydroxylation sites is 1. The molecule has 4 rings (SSSR count). The van der Waals surface area contributed by atoms with Crippen LogP contribution in [0.5, 0.6) is 0 Å². The van der Waals surface area contributed by atoms with E-state index in [4.69, 9.17) is 0 Å². The second kappa shape index (κ2) is 9.29. The molecule has 1 aliphatic carbocycles. The molecule has 1 fully saturated rings. The van der Waals surface area contributed by atoms with Crippen molar-refractivity contribution in [1.29, 1.82) is 0 Å². The van der Waals surface area contributed by atoms with Gasteiger partial charge in [0.2, 0.25) is 0 Å². The summed E-state index contributed by atoms with van der Waals surface area (Å²) in [6, 6.07) is 17.6. The van der Waals surface area contributed by atoms with Gasteiger partial charge in [0.25, 0.3) is 11.5 Å². The lowest BCUT2D eigenvalue weighted by Gasteiger charge is -2.22. The third-order valence-corrected chi connectivity index (χ3v) is 6.13. The average Bonchev–Trinajstić information content (AvgIpc) is 2.72. The van der Waals surface area contributed by atoms with Crippen LogP contribution < -0.4 is 10.9 Å². The van der Waals surface area contributed by atoms with Gasteiger partial charge in [-0.3, -0.25) is 9.59 Å².